The molecular weight excluding hydrogens is 228 g/mol. The average molecular weight is 254 g/mol. The molecule has 0 amide bonds. The topological polar surface area (TPSA) is 46.5 Å². The fourth-order valence-corrected chi connectivity index (χ4v) is 2.38. The summed E-state index contributed by atoms with van der Waals surface area (Å²) in [4.78, 5) is 11.0. The second-order valence-electron chi connectivity index (χ2n) is 5.15. The summed E-state index contributed by atoms with van der Waals surface area (Å²) in [5.41, 5.74) is 0. The van der Waals surface area contributed by atoms with Gasteiger partial charge < -0.3 is 9.84 Å². The lowest BCUT2D eigenvalue weighted by atomic mass is 10.0. The van der Waals surface area contributed by atoms with Crippen LogP contribution in [0.5, 0.6) is 0 Å². The van der Waals surface area contributed by atoms with Gasteiger partial charge in [-0.2, -0.15) is 0 Å². The molecule has 0 spiro atoms. The van der Waals surface area contributed by atoms with Crippen molar-refractivity contribution in [3.63, 3.8) is 0 Å². The van der Waals surface area contributed by atoms with Crippen LogP contribution in [-0.4, -0.2) is 23.3 Å². The van der Waals surface area contributed by atoms with Gasteiger partial charge >= 0.3 is 5.97 Å². The van der Waals surface area contributed by atoms with Gasteiger partial charge in [0.2, 0.25) is 0 Å². The highest BCUT2D eigenvalue weighted by atomic mass is 16.5. The van der Waals surface area contributed by atoms with E-state index >= 15 is 0 Å². The molecule has 1 aliphatic rings. The molecule has 0 bridgehead atoms. The van der Waals surface area contributed by atoms with E-state index in [-0.39, 0.29) is 18.2 Å². The van der Waals surface area contributed by atoms with Crippen molar-refractivity contribution in [3.05, 3.63) is 12.2 Å². The normalized spacial score (nSPS) is 29.4. The van der Waals surface area contributed by atoms with Crippen LogP contribution in [0.2, 0.25) is 0 Å². The van der Waals surface area contributed by atoms with Crippen LogP contribution in [0.25, 0.3) is 0 Å². The van der Waals surface area contributed by atoms with Gasteiger partial charge in [0.15, 0.2) is 0 Å². The molecule has 3 nitrogen and oxygen atoms in total. The number of aliphatic hydroxyl groups is 1. The lowest BCUT2D eigenvalue weighted by Gasteiger charge is -2.16. The van der Waals surface area contributed by atoms with E-state index in [9.17, 15) is 9.90 Å². The van der Waals surface area contributed by atoms with Crippen LogP contribution >= 0.6 is 0 Å². The molecule has 0 saturated heterocycles. The number of hydrogen-bond acceptors (Lipinski definition) is 3. The SMILES string of the molecule is CC(=O)OC1CC/C=C\C(O)CCCCCCC1. The summed E-state index contributed by atoms with van der Waals surface area (Å²) in [6.45, 7) is 1.47. The summed E-state index contributed by atoms with van der Waals surface area (Å²) >= 11 is 0. The number of esters is 1. The highest BCUT2D eigenvalue weighted by Gasteiger charge is 2.11. The molecule has 0 fully saturated rings. The predicted octanol–water partition coefficient (Wildman–Crippen LogP) is 3.36. The summed E-state index contributed by atoms with van der Waals surface area (Å²) in [7, 11) is 0. The fourth-order valence-electron chi connectivity index (χ4n) is 2.38. The zero-order valence-corrected chi connectivity index (χ0v) is 11.4. The minimum absolute atomic E-state index is 0.0463. The van der Waals surface area contributed by atoms with Crippen molar-refractivity contribution in [3.8, 4) is 0 Å². The third-order valence-corrected chi connectivity index (χ3v) is 3.37. The smallest absolute Gasteiger partial charge is 0.302 e. The molecule has 0 aromatic heterocycles. The van der Waals surface area contributed by atoms with Gasteiger partial charge in [-0.3, -0.25) is 4.79 Å². The summed E-state index contributed by atoms with van der Waals surface area (Å²) < 4.78 is 5.32. The van der Waals surface area contributed by atoms with Crippen LogP contribution in [0.3, 0.4) is 0 Å². The van der Waals surface area contributed by atoms with Gasteiger partial charge in [0, 0.05) is 6.92 Å². The van der Waals surface area contributed by atoms with Crippen LogP contribution < -0.4 is 0 Å². The minimum Gasteiger partial charge on any atom is -0.463 e. The third kappa shape index (κ3) is 7.49. The van der Waals surface area contributed by atoms with Crippen molar-refractivity contribution in [2.24, 2.45) is 0 Å². The number of carbonyl (C=O) groups excluding carboxylic acids is 1. The second kappa shape index (κ2) is 9.15. The fraction of sp³-hybridized carbons (Fsp3) is 0.800. The van der Waals surface area contributed by atoms with Crippen molar-refractivity contribution in [2.45, 2.75) is 76.9 Å². The van der Waals surface area contributed by atoms with Crippen LogP contribution in [0.4, 0.5) is 0 Å². The van der Waals surface area contributed by atoms with E-state index in [0.29, 0.717) is 0 Å². The summed E-state index contributed by atoms with van der Waals surface area (Å²) in [6.07, 6.45) is 13.0. The first kappa shape index (κ1) is 15.2. The van der Waals surface area contributed by atoms with Crippen molar-refractivity contribution >= 4 is 5.97 Å². The maximum atomic E-state index is 11.0. The molecule has 0 saturated carbocycles. The van der Waals surface area contributed by atoms with Crippen LogP contribution in [0.15, 0.2) is 12.2 Å². The Morgan fingerprint density at radius 1 is 1.11 bits per heavy atom. The highest BCUT2D eigenvalue weighted by Crippen LogP contribution is 2.16. The number of hydrogen-bond donors (Lipinski definition) is 1. The number of allylic oxidation sites excluding steroid dienone is 1. The molecule has 18 heavy (non-hydrogen) atoms. The number of ether oxygens (including phenoxy) is 1. The molecule has 0 aromatic carbocycles. The molecule has 1 N–H and O–H groups in total. The lowest BCUT2D eigenvalue weighted by Crippen LogP contribution is -2.16. The largest absolute Gasteiger partial charge is 0.463 e. The first-order chi connectivity index (χ1) is 8.68. The summed E-state index contributed by atoms with van der Waals surface area (Å²) in [6, 6.07) is 0. The molecule has 0 radical (unpaired) electrons. The van der Waals surface area contributed by atoms with Crippen molar-refractivity contribution in [1.82, 2.24) is 0 Å². The molecular formula is C15H26O3. The Balaban J connectivity index is 2.43. The Labute approximate surface area is 110 Å². The van der Waals surface area contributed by atoms with Crippen molar-refractivity contribution < 1.29 is 14.6 Å². The van der Waals surface area contributed by atoms with E-state index in [1.165, 1.54) is 26.2 Å². The third-order valence-electron chi connectivity index (χ3n) is 3.37. The van der Waals surface area contributed by atoms with Gasteiger partial charge in [-0.25, -0.2) is 0 Å². The quantitative estimate of drug-likeness (QED) is 0.576. The average Bonchev–Trinajstić information content (AvgIpc) is 2.33. The van der Waals surface area contributed by atoms with Gasteiger partial charge in [0.1, 0.15) is 6.10 Å². The Bertz CT molecular complexity index is 260. The molecule has 3 heteroatoms. The molecule has 0 aromatic rings. The summed E-state index contributed by atoms with van der Waals surface area (Å²) in [5, 5.41) is 9.70. The molecule has 0 heterocycles. The number of aliphatic hydroxyl groups excluding tert-OH is 1. The van der Waals surface area contributed by atoms with E-state index < -0.39 is 0 Å². The minimum atomic E-state index is -0.307. The maximum Gasteiger partial charge on any atom is 0.302 e. The first-order valence-corrected chi connectivity index (χ1v) is 7.20. The predicted molar refractivity (Wildman–Crippen MR) is 72.3 cm³/mol. The van der Waals surface area contributed by atoms with Crippen molar-refractivity contribution in [1.29, 1.82) is 0 Å². The lowest BCUT2D eigenvalue weighted by molar-refractivity contribution is -0.146. The second-order valence-corrected chi connectivity index (χ2v) is 5.15. The Kier molecular flexibility index (Phi) is 7.74. The molecule has 0 aliphatic heterocycles. The first-order valence-electron chi connectivity index (χ1n) is 7.20. The van der Waals surface area contributed by atoms with E-state index in [1.54, 1.807) is 0 Å². The maximum absolute atomic E-state index is 11.0. The van der Waals surface area contributed by atoms with Crippen molar-refractivity contribution in [2.75, 3.05) is 0 Å². The number of carbonyl (C=O) groups is 1. The summed E-state index contributed by atoms with van der Waals surface area (Å²) in [5.74, 6) is -0.187. The van der Waals surface area contributed by atoms with Gasteiger partial charge in [-0.1, -0.05) is 37.8 Å². The number of rotatable bonds is 1. The molecule has 1 rings (SSSR count). The zero-order valence-electron chi connectivity index (χ0n) is 11.4. The molecule has 1 aliphatic carbocycles. The van der Waals surface area contributed by atoms with E-state index in [2.05, 4.69) is 0 Å². The highest BCUT2D eigenvalue weighted by molar-refractivity contribution is 5.66. The Morgan fingerprint density at radius 3 is 2.50 bits per heavy atom. The molecule has 2 atom stereocenters. The van der Waals surface area contributed by atoms with Crippen LogP contribution in [0, 0.1) is 0 Å². The van der Waals surface area contributed by atoms with Crippen LogP contribution in [-0.2, 0) is 9.53 Å². The van der Waals surface area contributed by atoms with Gasteiger partial charge in [0.25, 0.3) is 0 Å². The van der Waals surface area contributed by atoms with E-state index in [4.69, 9.17) is 4.74 Å². The molecule has 104 valence electrons. The van der Waals surface area contributed by atoms with Crippen LogP contribution in [0.1, 0.15) is 64.7 Å². The van der Waals surface area contributed by atoms with Gasteiger partial charge in [-0.05, 0) is 32.1 Å². The Morgan fingerprint density at radius 2 is 1.78 bits per heavy atom. The standard InChI is InChI=1S/C15H26O3/c1-13(16)18-15-11-6-4-2-3-5-9-14(17)10-7-8-12-15/h7,10,14-15,17H,2-6,8-9,11-12H2,1H3/b10-7-. The monoisotopic (exact) mass is 254 g/mol. The van der Waals surface area contributed by atoms with E-state index in [0.717, 1.165) is 38.5 Å². The van der Waals surface area contributed by atoms with Gasteiger partial charge in [0.05, 0.1) is 6.10 Å². The molecule has 2 unspecified atom stereocenters. The van der Waals surface area contributed by atoms with E-state index in [1.807, 2.05) is 12.2 Å². The Hall–Kier alpha value is -0.830. The van der Waals surface area contributed by atoms with Gasteiger partial charge in [-0.15, -0.1) is 0 Å². The zero-order chi connectivity index (χ0) is 13.2.